The molecule has 0 aromatic heterocycles. The number of hydrogen-bond acceptors (Lipinski definition) is 3. The molecule has 3 atom stereocenters. The van der Waals surface area contributed by atoms with Crippen LogP contribution in [0, 0.1) is 5.92 Å². The molecule has 3 nitrogen and oxygen atoms in total. The molecule has 0 aliphatic carbocycles. The van der Waals surface area contributed by atoms with Gasteiger partial charge in [-0.15, -0.1) is 0 Å². The molecule has 2 N–H and O–H groups in total. The summed E-state index contributed by atoms with van der Waals surface area (Å²) in [4.78, 5) is 0. The molecule has 10 heavy (non-hydrogen) atoms. The van der Waals surface area contributed by atoms with E-state index in [4.69, 9.17) is 9.84 Å². The molecule has 0 bridgehead atoms. The third-order valence-electron chi connectivity index (χ3n) is 2.02. The van der Waals surface area contributed by atoms with E-state index in [-0.39, 0.29) is 12.5 Å². The molecule has 0 spiro atoms. The highest BCUT2D eigenvalue weighted by atomic mass is 16.5. The Kier molecular flexibility index (Phi) is 2.65. The van der Waals surface area contributed by atoms with Gasteiger partial charge in [-0.2, -0.15) is 0 Å². The SMILES string of the molecule is CC[C@H]1COCC(O)[C@H]1O. The molecule has 1 rings (SSSR count). The van der Waals surface area contributed by atoms with Crippen molar-refractivity contribution in [1.29, 1.82) is 0 Å². The largest absolute Gasteiger partial charge is 0.390 e. The Morgan fingerprint density at radius 2 is 2.10 bits per heavy atom. The average Bonchev–Trinajstić information content (AvgIpc) is 1.95. The minimum Gasteiger partial charge on any atom is -0.390 e. The minimum absolute atomic E-state index is 0.115. The summed E-state index contributed by atoms with van der Waals surface area (Å²) in [5, 5.41) is 18.4. The van der Waals surface area contributed by atoms with Crippen molar-refractivity contribution >= 4 is 0 Å². The van der Waals surface area contributed by atoms with Crippen molar-refractivity contribution in [2.45, 2.75) is 25.6 Å². The van der Waals surface area contributed by atoms with Gasteiger partial charge in [-0.25, -0.2) is 0 Å². The van der Waals surface area contributed by atoms with Gasteiger partial charge in [0, 0.05) is 5.92 Å². The number of aliphatic hydroxyl groups is 2. The smallest absolute Gasteiger partial charge is 0.103 e. The minimum atomic E-state index is -0.682. The fourth-order valence-electron chi connectivity index (χ4n) is 1.21. The molecule has 1 fully saturated rings. The zero-order valence-corrected chi connectivity index (χ0v) is 6.16. The lowest BCUT2D eigenvalue weighted by Gasteiger charge is -2.30. The molecular formula is C7H14O3. The van der Waals surface area contributed by atoms with Gasteiger partial charge in [0.05, 0.1) is 19.3 Å². The van der Waals surface area contributed by atoms with E-state index < -0.39 is 12.2 Å². The molecule has 0 aromatic rings. The van der Waals surface area contributed by atoms with Gasteiger partial charge in [0.2, 0.25) is 0 Å². The van der Waals surface area contributed by atoms with Gasteiger partial charge in [-0.05, 0) is 6.42 Å². The lowest BCUT2D eigenvalue weighted by Crippen LogP contribution is -2.43. The lowest BCUT2D eigenvalue weighted by molar-refractivity contribution is -0.121. The fourth-order valence-corrected chi connectivity index (χ4v) is 1.21. The zero-order chi connectivity index (χ0) is 7.56. The number of rotatable bonds is 1. The summed E-state index contributed by atoms with van der Waals surface area (Å²) in [5.74, 6) is 0.115. The van der Waals surface area contributed by atoms with Crippen LogP contribution in [0.25, 0.3) is 0 Å². The van der Waals surface area contributed by atoms with Crippen molar-refractivity contribution in [2.75, 3.05) is 13.2 Å². The third-order valence-corrected chi connectivity index (χ3v) is 2.02. The fraction of sp³-hybridized carbons (Fsp3) is 1.00. The molecule has 0 radical (unpaired) electrons. The van der Waals surface area contributed by atoms with Crippen LogP contribution in [-0.2, 0) is 4.74 Å². The Bertz CT molecular complexity index is 105. The second kappa shape index (κ2) is 3.32. The highest BCUT2D eigenvalue weighted by Gasteiger charge is 2.29. The van der Waals surface area contributed by atoms with Crippen LogP contribution in [0.3, 0.4) is 0 Å². The first-order valence-electron chi connectivity index (χ1n) is 3.69. The highest BCUT2D eigenvalue weighted by molar-refractivity contribution is 4.78. The molecule has 1 aliphatic rings. The Morgan fingerprint density at radius 1 is 1.40 bits per heavy atom. The van der Waals surface area contributed by atoms with Gasteiger partial charge in [0.25, 0.3) is 0 Å². The molecule has 3 heteroatoms. The van der Waals surface area contributed by atoms with E-state index in [2.05, 4.69) is 0 Å². The molecule has 1 aliphatic heterocycles. The quantitative estimate of drug-likeness (QED) is 0.537. The van der Waals surface area contributed by atoms with Gasteiger partial charge in [-0.1, -0.05) is 6.92 Å². The summed E-state index contributed by atoms with van der Waals surface area (Å²) < 4.78 is 5.05. The Hall–Kier alpha value is -0.120. The predicted octanol–water partition coefficient (Wildman–Crippen LogP) is -0.235. The van der Waals surface area contributed by atoms with Crippen molar-refractivity contribution in [3.8, 4) is 0 Å². The number of hydrogen-bond donors (Lipinski definition) is 2. The van der Waals surface area contributed by atoms with E-state index in [1.165, 1.54) is 0 Å². The second-order valence-electron chi connectivity index (χ2n) is 2.76. The van der Waals surface area contributed by atoms with E-state index in [0.717, 1.165) is 6.42 Å². The molecule has 1 unspecified atom stereocenters. The molecule has 1 saturated heterocycles. The lowest BCUT2D eigenvalue weighted by atomic mass is 9.94. The summed E-state index contributed by atoms with van der Waals surface area (Å²) in [6, 6.07) is 0. The van der Waals surface area contributed by atoms with Gasteiger partial charge in [0.15, 0.2) is 0 Å². The topological polar surface area (TPSA) is 49.7 Å². The van der Waals surface area contributed by atoms with Gasteiger partial charge in [-0.3, -0.25) is 0 Å². The van der Waals surface area contributed by atoms with Crippen LogP contribution in [0.15, 0.2) is 0 Å². The van der Waals surface area contributed by atoms with Crippen LogP contribution < -0.4 is 0 Å². The first-order valence-corrected chi connectivity index (χ1v) is 3.69. The zero-order valence-electron chi connectivity index (χ0n) is 6.16. The first-order chi connectivity index (χ1) is 4.75. The maximum Gasteiger partial charge on any atom is 0.103 e. The van der Waals surface area contributed by atoms with E-state index in [9.17, 15) is 5.11 Å². The monoisotopic (exact) mass is 146 g/mol. The maximum atomic E-state index is 9.31. The van der Waals surface area contributed by atoms with Crippen LogP contribution in [-0.4, -0.2) is 35.6 Å². The Labute approximate surface area is 60.6 Å². The molecule has 0 saturated carbocycles. The second-order valence-corrected chi connectivity index (χ2v) is 2.76. The van der Waals surface area contributed by atoms with Crippen molar-refractivity contribution < 1.29 is 14.9 Å². The summed E-state index contributed by atoms with van der Waals surface area (Å²) in [6.45, 7) is 2.84. The summed E-state index contributed by atoms with van der Waals surface area (Å²) in [6.07, 6.45) is -0.407. The van der Waals surface area contributed by atoms with Crippen molar-refractivity contribution in [2.24, 2.45) is 5.92 Å². The van der Waals surface area contributed by atoms with E-state index in [1.807, 2.05) is 6.92 Å². The molecule has 60 valence electrons. The standard InChI is InChI=1S/C7H14O3/c1-2-5-3-10-4-6(8)7(5)9/h5-9H,2-4H2,1H3/t5-,6?,7-/m0/s1. The average molecular weight is 146 g/mol. The number of aliphatic hydroxyl groups excluding tert-OH is 2. The van der Waals surface area contributed by atoms with Gasteiger partial charge in [0.1, 0.15) is 6.10 Å². The Morgan fingerprint density at radius 3 is 2.60 bits per heavy atom. The highest BCUT2D eigenvalue weighted by Crippen LogP contribution is 2.17. The first kappa shape index (κ1) is 7.98. The molecular weight excluding hydrogens is 132 g/mol. The van der Waals surface area contributed by atoms with Gasteiger partial charge >= 0.3 is 0 Å². The molecule has 0 aromatic carbocycles. The Balaban J connectivity index is 2.42. The van der Waals surface area contributed by atoms with Crippen LogP contribution in [0.5, 0.6) is 0 Å². The number of ether oxygens (including phenoxy) is 1. The van der Waals surface area contributed by atoms with Crippen LogP contribution in [0.2, 0.25) is 0 Å². The summed E-state index contributed by atoms with van der Waals surface area (Å²) in [7, 11) is 0. The normalized spacial score (nSPS) is 41.7. The van der Waals surface area contributed by atoms with Gasteiger partial charge < -0.3 is 14.9 Å². The van der Waals surface area contributed by atoms with E-state index in [1.54, 1.807) is 0 Å². The predicted molar refractivity (Wildman–Crippen MR) is 36.6 cm³/mol. The van der Waals surface area contributed by atoms with Crippen molar-refractivity contribution in [1.82, 2.24) is 0 Å². The van der Waals surface area contributed by atoms with E-state index >= 15 is 0 Å². The third kappa shape index (κ3) is 1.48. The molecule has 1 heterocycles. The summed E-state index contributed by atoms with van der Waals surface area (Å²) in [5.41, 5.74) is 0. The van der Waals surface area contributed by atoms with Crippen molar-refractivity contribution in [3.63, 3.8) is 0 Å². The van der Waals surface area contributed by atoms with Crippen LogP contribution in [0.1, 0.15) is 13.3 Å². The van der Waals surface area contributed by atoms with Crippen molar-refractivity contribution in [3.05, 3.63) is 0 Å². The summed E-state index contributed by atoms with van der Waals surface area (Å²) >= 11 is 0. The van der Waals surface area contributed by atoms with Crippen LogP contribution in [0.4, 0.5) is 0 Å². The van der Waals surface area contributed by atoms with E-state index in [0.29, 0.717) is 6.61 Å². The maximum absolute atomic E-state index is 9.31. The van der Waals surface area contributed by atoms with Crippen LogP contribution >= 0.6 is 0 Å². The molecule has 0 amide bonds.